The molecule has 0 heterocycles. The largest absolute Gasteiger partial charge is 0.507 e. The van der Waals surface area contributed by atoms with Crippen molar-refractivity contribution < 1.29 is 19.8 Å². The molecule has 116 valence electrons. The summed E-state index contributed by atoms with van der Waals surface area (Å²) in [6.45, 7) is 0. The van der Waals surface area contributed by atoms with Gasteiger partial charge in [0.1, 0.15) is 11.5 Å². The highest BCUT2D eigenvalue weighted by atomic mass is 16.3. The minimum Gasteiger partial charge on any atom is -0.507 e. The van der Waals surface area contributed by atoms with Gasteiger partial charge in [-0.15, -0.1) is 0 Å². The molecule has 2 N–H and O–H groups in total. The van der Waals surface area contributed by atoms with E-state index in [0.29, 0.717) is 41.5 Å². The first-order valence-corrected chi connectivity index (χ1v) is 7.87. The molecule has 0 aliphatic heterocycles. The molecule has 3 aliphatic rings. The van der Waals surface area contributed by atoms with Gasteiger partial charge in [-0.1, -0.05) is 24.3 Å². The number of aromatic hydroxyl groups is 2. The number of benzene rings is 1. The molecular weight excluding hydrogens is 292 g/mol. The van der Waals surface area contributed by atoms with Gasteiger partial charge in [0, 0.05) is 22.3 Å². The van der Waals surface area contributed by atoms with E-state index < -0.39 is 5.78 Å². The number of carbonyl (C=O) groups is 2. The van der Waals surface area contributed by atoms with Crippen LogP contribution in [-0.4, -0.2) is 21.8 Å². The minimum atomic E-state index is -0.390. The van der Waals surface area contributed by atoms with E-state index in [1.165, 1.54) is 0 Å². The molecule has 0 fully saturated rings. The van der Waals surface area contributed by atoms with Crippen molar-refractivity contribution in [1.29, 1.82) is 0 Å². The molecule has 0 spiro atoms. The van der Waals surface area contributed by atoms with Crippen molar-refractivity contribution in [3.8, 4) is 11.5 Å². The average Bonchev–Trinajstić information content (AvgIpc) is 2.82. The second-order valence-electron chi connectivity index (χ2n) is 6.13. The lowest BCUT2D eigenvalue weighted by molar-refractivity contribution is 0.0967. The Hall–Kier alpha value is -2.62. The molecule has 0 saturated carbocycles. The van der Waals surface area contributed by atoms with Crippen molar-refractivity contribution in [2.75, 3.05) is 0 Å². The van der Waals surface area contributed by atoms with Crippen LogP contribution in [0.25, 0.3) is 0 Å². The second kappa shape index (κ2) is 4.95. The van der Waals surface area contributed by atoms with Crippen LogP contribution in [0.3, 0.4) is 0 Å². The zero-order valence-electron chi connectivity index (χ0n) is 12.6. The van der Waals surface area contributed by atoms with Gasteiger partial charge in [-0.05, 0) is 32.1 Å². The lowest BCUT2D eigenvalue weighted by atomic mass is 9.76. The first-order chi connectivity index (χ1) is 11.1. The number of hydrogen-bond donors (Lipinski definition) is 2. The van der Waals surface area contributed by atoms with E-state index in [4.69, 9.17) is 0 Å². The van der Waals surface area contributed by atoms with Gasteiger partial charge in [0.05, 0.1) is 11.1 Å². The predicted octanol–water partition coefficient (Wildman–Crippen LogP) is 3.17. The Bertz CT molecular complexity index is 853. The Labute approximate surface area is 133 Å². The summed E-state index contributed by atoms with van der Waals surface area (Å²) in [4.78, 5) is 25.7. The lowest BCUT2D eigenvalue weighted by Crippen LogP contribution is -2.24. The van der Waals surface area contributed by atoms with Gasteiger partial charge in [-0.25, -0.2) is 0 Å². The van der Waals surface area contributed by atoms with E-state index in [2.05, 4.69) is 0 Å². The molecule has 4 rings (SSSR count). The zero-order chi connectivity index (χ0) is 16.1. The van der Waals surface area contributed by atoms with Crippen molar-refractivity contribution in [3.63, 3.8) is 0 Å². The smallest absolute Gasteiger partial charge is 0.198 e. The summed E-state index contributed by atoms with van der Waals surface area (Å²) < 4.78 is 0. The Balaban J connectivity index is 2.06. The van der Waals surface area contributed by atoms with Gasteiger partial charge in [-0.2, -0.15) is 0 Å². The van der Waals surface area contributed by atoms with Gasteiger partial charge in [-0.3, -0.25) is 9.59 Å². The standard InChI is InChI=1S/C19H16O4/c20-16-10-6-2-1-3-7-11(10)17(21)15-14(16)18(22)12-8-4-5-9-13(12)19(15)23/h1-2,6-7,22-23H,3-5,8-9H2. The number of hydrogen-bond acceptors (Lipinski definition) is 4. The molecule has 3 aliphatic carbocycles. The topological polar surface area (TPSA) is 74.6 Å². The molecule has 0 amide bonds. The molecule has 4 heteroatoms. The Morgan fingerprint density at radius 3 is 2.00 bits per heavy atom. The fraction of sp³-hybridized carbons (Fsp3) is 0.263. The summed E-state index contributed by atoms with van der Waals surface area (Å²) in [6.07, 6.45) is 10.5. The Morgan fingerprint density at radius 1 is 0.826 bits per heavy atom. The lowest BCUT2D eigenvalue weighted by Gasteiger charge is -2.26. The number of carbonyl (C=O) groups excluding carboxylic acids is 2. The number of phenolic OH excluding ortho intramolecular Hbond substituents is 2. The third-order valence-electron chi connectivity index (χ3n) is 4.85. The molecule has 0 aromatic heterocycles. The summed E-state index contributed by atoms with van der Waals surface area (Å²) in [7, 11) is 0. The normalized spacial score (nSPS) is 19.3. The fourth-order valence-electron chi connectivity index (χ4n) is 3.72. The molecule has 1 aromatic carbocycles. The van der Waals surface area contributed by atoms with Gasteiger partial charge in [0.25, 0.3) is 0 Å². The first kappa shape index (κ1) is 14.0. The number of rotatable bonds is 0. The van der Waals surface area contributed by atoms with Gasteiger partial charge in [0.2, 0.25) is 0 Å². The third kappa shape index (κ3) is 1.84. The third-order valence-corrected chi connectivity index (χ3v) is 4.85. The monoisotopic (exact) mass is 308 g/mol. The molecule has 0 saturated heterocycles. The molecule has 4 nitrogen and oxygen atoms in total. The van der Waals surface area contributed by atoms with Crippen LogP contribution >= 0.6 is 0 Å². The molecule has 0 bridgehead atoms. The van der Waals surface area contributed by atoms with Crippen molar-refractivity contribution in [2.45, 2.75) is 32.1 Å². The number of Topliss-reactive ketones (excluding diaryl/α,β-unsaturated/α-hetero) is 2. The van der Waals surface area contributed by atoms with Crippen LogP contribution in [0.2, 0.25) is 0 Å². The fourth-order valence-corrected chi connectivity index (χ4v) is 3.72. The van der Waals surface area contributed by atoms with Crippen molar-refractivity contribution >= 4 is 11.6 Å². The van der Waals surface area contributed by atoms with E-state index in [1.54, 1.807) is 18.2 Å². The molecule has 1 aromatic rings. The summed E-state index contributed by atoms with van der Waals surface area (Å²) in [6, 6.07) is 0. The maximum Gasteiger partial charge on any atom is 0.198 e. The van der Waals surface area contributed by atoms with Gasteiger partial charge >= 0.3 is 0 Å². The first-order valence-electron chi connectivity index (χ1n) is 7.87. The zero-order valence-corrected chi connectivity index (χ0v) is 12.6. The molecular formula is C19H16O4. The quantitative estimate of drug-likeness (QED) is 0.722. The van der Waals surface area contributed by atoms with Gasteiger partial charge < -0.3 is 10.2 Å². The number of phenols is 2. The summed E-state index contributed by atoms with van der Waals surface area (Å²) >= 11 is 0. The van der Waals surface area contributed by atoms with Crippen LogP contribution in [0.1, 0.15) is 51.1 Å². The van der Waals surface area contributed by atoms with Crippen molar-refractivity contribution in [1.82, 2.24) is 0 Å². The average molecular weight is 308 g/mol. The van der Waals surface area contributed by atoms with Crippen molar-refractivity contribution in [2.24, 2.45) is 0 Å². The predicted molar refractivity (Wildman–Crippen MR) is 85.0 cm³/mol. The SMILES string of the molecule is O=C1C2=CC=CCC=C2C(=O)c2c(O)c3c(c(O)c21)CCCC3. The van der Waals surface area contributed by atoms with E-state index in [9.17, 15) is 19.8 Å². The highest BCUT2D eigenvalue weighted by molar-refractivity contribution is 6.33. The van der Waals surface area contributed by atoms with E-state index in [0.717, 1.165) is 12.8 Å². The van der Waals surface area contributed by atoms with Gasteiger partial charge in [0.15, 0.2) is 11.6 Å². The van der Waals surface area contributed by atoms with Crippen LogP contribution < -0.4 is 0 Å². The van der Waals surface area contributed by atoms with Crippen LogP contribution in [0.5, 0.6) is 11.5 Å². The maximum atomic E-state index is 12.8. The number of fused-ring (bicyclic) bond motifs is 3. The molecule has 23 heavy (non-hydrogen) atoms. The van der Waals surface area contributed by atoms with E-state index >= 15 is 0 Å². The molecule has 0 unspecified atom stereocenters. The number of ketones is 2. The van der Waals surface area contributed by atoms with E-state index in [-0.39, 0.29) is 28.4 Å². The highest BCUT2D eigenvalue weighted by Crippen LogP contribution is 2.46. The summed E-state index contributed by atoms with van der Waals surface area (Å²) in [5.41, 5.74) is 1.78. The Kier molecular flexibility index (Phi) is 3.01. The highest BCUT2D eigenvalue weighted by Gasteiger charge is 2.39. The van der Waals surface area contributed by atoms with Crippen molar-refractivity contribution in [3.05, 3.63) is 57.7 Å². The van der Waals surface area contributed by atoms with Crippen LogP contribution in [-0.2, 0) is 12.8 Å². The maximum absolute atomic E-state index is 12.8. The number of allylic oxidation sites excluding steroid dienone is 6. The summed E-state index contributed by atoms with van der Waals surface area (Å²) in [5.74, 6) is -1.02. The summed E-state index contributed by atoms with van der Waals surface area (Å²) in [5, 5.41) is 21.2. The van der Waals surface area contributed by atoms with E-state index in [1.807, 2.05) is 6.08 Å². The molecule has 0 radical (unpaired) electrons. The van der Waals surface area contributed by atoms with Crippen LogP contribution in [0.15, 0.2) is 35.5 Å². The van der Waals surface area contributed by atoms with Crippen LogP contribution in [0.4, 0.5) is 0 Å². The Morgan fingerprint density at radius 2 is 1.39 bits per heavy atom. The second-order valence-corrected chi connectivity index (χ2v) is 6.13. The van der Waals surface area contributed by atoms with Crippen LogP contribution in [0, 0.1) is 0 Å². The minimum absolute atomic E-state index is 0.0292. The molecule has 0 atom stereocenters.